The van der Waals surface area contributed by atoms with Crippen LogP contribution in [-0.2, 0) is 6.54 Å². The number of nitrogens with one attached hydrogen (secondary N) is 1. The molecule has 0 unspecified atom stereocenters. The zero-order valence-corrected chi connectivity index (χ0v) is 10.8. The molecule has 0 spiro atoms. The minimum atomic E-state index is 0.0543. The van der Waals surface area contributed by atoms with Crippen LogP contribution in [0.1, 0.15) is 32.5 Å². The van der Waals surface area contributed by atoms with E-state index in [2.05, 4.69) is 42.9 Å². The zero-order chi connectivity index (χ0) is 12.4. The van der Waals surface area contributed by atoms with E-state index >= 15 is 0 Å². The lowest BCUT2D eigenvalue weighted by atomic mass is 10.1. The third kappa shape index (κ3) is 2.46. The quantitative estimate of drug-likeness (QED) is 0.838. The number of fused-ring (bicyclic) bond motifs is 1. The SMILES string of the molecule is CC(C)CNC(=O)N1CCn2cccc2[C@@H]1C. The van der Waals surface area contributed by atoms with Gasteiger partial charge in [-0.2, -0.15) is 0 Å². The van der Waals surface area contributed by atoms with Gasteiger partial charge in [-0.1, -0.05) is 13.8 Å². The van der Waals surface area contributed by atoms with Gasteiger partial charge in [0.2, 0.25) is 0 Å². The summed E-state index contributed by atoms with van der Waals surface area (Å²) in [6, 6.07) is 4.35. The zero-order valence-electron chi connectivity index (χ0n) is 10.8. The number of rotatable bonds is 2. The molecule has 0 fully saturated rings. The molecule has 1 aliphatic rings. The van der Waals surface area contributed by atoms with Crippen molar-refractivity contribution in [3.8, 4) is 0 Å². The van der Waals surface area contributed by atoms with E-state index in [9.17, 15) is 4.79 Å². The Morgan fingerprint density at radius 1 is 1.53 bits per heavy atom. The predicted octanol–water partition coefficient (Wildman–Crippen LogP) is 2.23. The minimum Gasteiger partial charge on any atom is -0.348 e. The Kier molecular flexibility index (Phi) is 3.41. The normalized spacial score (nSPS) is 19.3. The second-order valence-corrected chi connectivity index (χ2v) is 5.08. The molecular weight excluding hydrogens is 214 g/mol. The number of amides is 2. The van der Waals surface area contributed by atoms with Crippen LogP contribution in [0.4, 0.5) is 4.79 Å². The molecule has 1 aliphatic heterocycles. The molecule has 94 valence electrons. The summed E-state index contributed by atoms with van der Waals surface area (Å²) >= 11 is 0. The second-order valence-electron chi connectivity index (χ2n) is 5.08. The predicted molar refractivity (Wildman–Crippen MR) is 67.8 cm³/mol. The van der Waals surface area contributed by atoms with E-state index in [1.54, 1.807) is 0 Å². The van der Waals surface area contributed by atoms with Crippen molar-refractivity contribution in [2.24, 2.45) is 5.92 Å². The van der Waals surface area contributed by atoms with Crippen LogP contribution in [0.25, 0.3) is 0 Å². The first-order valence-corrected chi connectivity index (χ1v) is 6.29. The van der Waals surface area contributed by atoms with E-state index in [1.807, 2.05) is 11.0 Å². The number of urea groups is 1. The summed E-state index contributed by atoms with van der Waals surface area (Å²) in [5, 5.41) is 2.98. The molecule has 17 heavy (non-hydrogen) atoms. The van der Waals surface area contributed by atoms with Crippen LogP contribution in [-0.4, -0.2) is 28.6 Å². The van der Waals surface area contributed by atoms with Crippen molar-refractivity contribution >= 4 is 6.03 Å². The minimum absolute atomic E-state index is 0.0543. The van der Waals surface area contributed by atoms with Crippen molar-refractivity contribution in [2.75, 3.05) is 13.1 Å². The first kappa shape index (κ1) is 12.0. The van der Waals surface area contributed by atoms with Gasteiger partial charge in [0.25, 0.3) is 0 Å². The Morgan fingerprint density at radius 2 is 2.29 bits per heavy atom. The van der Waals surface area contributed by atoms with Crippen LogP contribution in [0, 0.1) is 5.92 Å². The largest absolute Gasteiger partial charge is 0.348 e. The van der Waals surface area contributed by atoms with Crippen molar-refractivity contribution in [1.82, 2.24) is 14.8 Å². The molecule has 0 saturated heterocycles. The molecule has 4 heteroatoms. The highest BCUT2D eigenvalue weighted by molar-refractivity contribution is 5.74. The first-order chi connectivity index (χ1) is 8.09. The maximum absolute atomic E-state index is 12.1. The lowest BCUT2D eigenvalue weighted by Gasteiger charge is -2.35. The number of aromatic nitrogens is 1. The number of carbonyl (C=O) groups is 1. The van der Waals surface area contributed by atoms with Gasteiger partial charge in [0.1, 0.15) is 0 Å². The molecule has 0 saturated carbocycles. The molecule has 0 aliphatic carbocycles. The van der Waals surface area contributed by atoms with Gasteiger partial charge < -0.3 is 14.8 Å². The van der Waals surface area contributed by atoms with Crippen LogP contribution >= 0.6 is 0 Å². The molecule has 1 aromatic rings. The average molecular weight is 235 g/mol. The third-order valence-electron chi connectivity index (χ3n) is 3.26. The summed E-state index contributed by atoms with van der Waals surface area (Å²) < 4.78 is 2.22. The second kappa shape index (κ2) is 4.82. The van der Waals surface area contributed by atoms with Crippen LogP contribution in [0.2, 0.25) is 0 Å². The van der Waals surface area contributed by atoms with Gasteiger partial charge in [0.05, 0.1) is 6.04 Å². The van der Waals surface area contributed by atoms with Crippen LogP contribution in [0.5, 0.6) is 0 Å². The summed E-state index contributed by atoms with van der Waals surface area (Å²) in [7, 11) is 0. The van der Waals surface area contributed by atoms with E-state index in [0.717, 1.165) is 19.6 Å². The summed E-state index contributed by atoms with van der Waals surface area (Å²) in [5.74, 6) is 0.489. The smallest absolute Gasteiger partial charge is 0.318 e. The van der Waals surface area contributed by atoms with Gasteiger partial charge in [0, 0.05) is 31.5 Å². The maximum atomic E-state index is 12.1. The molecule has 0 bridgehead atoms. The molecule has 1 atom stereocenters. The van der Waals surface area contributed by atoms with E-state index in [-0.39, 0.29) is 12.1 Å². The Morgan fingerprint density at radius 3 is 3.00 bits per heavy atom. The maximum Gasteiger partial charge on any atom is 0.318 e. The average Bonchev–Trinajstić information content (AvgIpc) is 2.75. The van der Waals surface area contributed by atoms with Crippen LogP contribution < -0.4 is 5.32 Å². The van der Waals surface area contributed by atoms with Crippen molar-refractivity contribution in [1.29, 1.82) is 0 Å². The van der Waals surface area contributed by atoms with E-state index in [1.165, 1.54) is 5.69 Å². The molecular formula is C13H21N3O. The summed E-state index contributed by atoms with van der Waals surface area (Å²) in [4.78, 5) is 14.0. The lowest BCUT2D eigenvalue weighted by Crippen LogP contribution is -2.46. The number of carbonyl (C=O) groups excluding carboxylic acids is 1. The van der Waals surface area contributed by atoms with Crippen molar-refractivity contribution < 1.29 is 4.79 Å². The first-order valence-electron chi connectivity index (χ1n) is 6.29. The Bertz CT molecular complexity index is 397. The molecule has 1 aromatic heterocycles. The molecule has 2 rings (SSSR count). The van der Waals surface area contributed by atoms with Gasteiger partial charge in [-0.3, -0.25) is 0 Å². The summed E-state index contributed by atoms with van der Waals surface area (Å²) in [5.41, 5.74) is 1.22. The van der Waals surface area contributed by atoms with E-state index in [4.69, 9.17) is 0 Å². The third-order valence-corrected chi connectivity index (χ3v) is 3.26. The lowest BCUT2D eigenvalue weighted by molar-refractivity contribution is 0.161. The molecule has 1 N–H and O–H groups in total. The molecule has 0 aromatic carbocycles. The Labute approximate surface area is 103 Å². The van der Waals surface area contributed by atoms with Crippen molar-refractivity contribution in [3.63, 3.8) is 0 Å². The Balaban J connectivity index is 2.02. The number of nitrogens with zero attached hydrogens (tertiary/aromatic N) is 2. The van der Waals surface area contributed by atoms with Crippen LogP contribution in [0.3, 0.4) is 0 Å². The van der Waals surface area contributed by atoms with Crippen LogP contribution in [0.15, 0.2) is 18.3 Å². The van der Waals surface area contributed by atoms with Gasteiger partial charge >= 0.3 is 6.03 Å². The van der Waals surface area contributed by atoms with Gasteiger partial charge in [-0.15, -0.1) is 0 Å². The fraction of sp³-hybridized carbons (Fsp3) is 0.615. The summed E-state index contributed by atoms with van der Waals surface area (Å²) in [6.07, 6.45) is 2.08. The molecule has 2 heterocycles. The summed E-state index contributed by atoms with van der Waals surface area (Å²) in [6.45, 7) is 8.70. The fourth-order valence-corrected chi connectivity index (χ4v) is 2.25. The van der Waals surface area contributed by atoms with E-state index in [0.29, 0.717) is 5.92 Å². The van der Waals surface area contributed by atoms with Gasteiger partial charge in [-0.25, -0.2) is 4.79 Å². The topological polar surface area (TPSA) is 37.3 Å². The molecule has 0 radical (unpaired) electrons. The number of hydrogen-bond donors (Lipinski definition) is 1. The standard InChI is InChI=1S/C13H21N3O/c1-10(2)9-14-13(17)16-8-7-15-6-4-5-12(15)11(16)3/h4-6,10-11H,7-9H2,1-3H3,(H,14,17)/t11-/m0/s1. The fourth-order valence-electron chi connectivity index (χ4n) is 2.25. The van der Waals surface area contributed by atoms with Gasteiger partial charge in [0.15, 0.2) is 0 Å². The molecule has 2 amide bonds. The number of hydrogen-bond acceptors (Lipinski definition) is 1. The highest BCUT2D eigenvalue weighted by atomic mass is 16.2. The highest BCUT2D eigenvalue weighted by Crippen LogP contribution is 2.24. The van der Waals surface area contributed by atoms with E-state index < -0.39 is 0 Å². The van der Waals surface area contributed by atoms with Crippen molar-refractivity contribution in [2.45, 2.75) is 33.4 Å². The monoisotopic (exact) mass is 235 g/mol. The molecule has 4 nitrogen and oxygen atoms in total. The Hall–Kier alpha value is -1.45. The highest BCUT2D eigenvalue weighted by Gasteiger charge is 2.26. The van der Waals surface area contributed by atoms with Gasteiger partial charge in [-0.05, 0) is 25.0 Å². The van der Waals surface area contributed by atoms with Crippen molar-refractivity contribution in [3.05, 3.63) is 24.0 Å².